The summed E-state index contributed by atoms with van der Waals surface area (Å²) in [4.78, 5) is 54.0. The Bertz CT molecular complexity index is 2620. The number of para-hydroxylation sites is 1. The molecule has 326 valence electrons. The molecule has 64 heavy (non-hydrogen) atoms. The number of hydrogen-bond donors (Lipinski definition) is 3. The summed E-state index contributed by atoms with van der Waals surface area (Å²) in [6.07, 6.45) is 9.54. The second kappa shape index (κ2) is 21.8. The molecular formula is C51H47BrN4O8. The molecule has 1 aliphatic rings. The van der Waals surface area contributed by atoms with Crippen LogP contribution in [0.1, 0.15) is 72.1 Å². The molecular weight excluding hydrogens is 876 g/mol. The van der Waals surface area contributed by atoms with E-state index in [0.29, 0.717) is 74.4 Å². The number of carboxylic acid groups (broad SMARTS) is 1. The number of nitrogens with one attached hydrogen (secondary N) is 2. The van der Waals surface area contributed by atoms with Crippen LogP contribution in [-0.2, 0) is 27.3 Å². The van der Waals surface area contributed by atoms with E-state index in [0.717, 1.165) is 44.5 Å². The first-order chi connectivity index (χ1) is 31.1. The van der Waals surface area contributed by atoms with Crippen LogP contribution >= 0.6 is 15.9 Å². The normalized spacial score (nSPS) is 11.7. The molecule has 6 aromatic rings. The van der Waals surface area contributed by atoms with E-state index in [4.69, 9.17) is 20.4 Å². The fraction of sp³-hybridized carbons (Fsp3) is 0.235. The van der Waals surface area contributed by atoms with E-state index in [1.54, 1.807) is 24.3 Å². The number of ether oxygens (including phenoxy) is 2. The van der Waals surface area contributed by atoms with Crippen LogP contribution in [0.4, 0.5) is 5.69 Å². The Kier molecular flexibility index (Phi) is 15.3. The van der Waals surface area contributed by atoms with Gasteiger partial charge in [0.25, 0.3) is 0 Å². The average Bonchev–Trinajstić information content (AvgIpc) is 3.95. The summed E-state index contributed by atoms with van der Waals surface area (Å²) >= 11 is 3.58. The second-order valence-corrected chi connectivity index (χ2v) is 16.2. The van der Waals surface area contributed by atoms with E-state index in [9.17, 15) is 24.3 Å². The molecule has 1 atom stereocenters. The number of terminal acetylenes is 1. The molecule has 1 aromatic heterocycles. The number of carboxylic acids is 1. The maximum atomic E-state index is 14.3. The van der Waals surface area contributed by atoms with Crippen LogP contribution in [0.25, 0.3) is 22.5 Å². The van der Waals surface area contributed by atoms with Gasteiger partial charge >= 0.3 is 5.97 Å². The second-order valence-electron chi connectivity index (χ2n) is 15.3. The highest BCUT2D eigenvalue weighted by Crippen LogP contribution is 2.40. The third-order valence-corrected chi connectivity index (χ3v) is 11.2. The highest BCUT2D eigenvalue weighted by Gasteiger charge is 2.33. The first kappa shape index (κ1) is 44.9. The van der Waals surface area contributed by atoms with E-state index in [1.807, 2.05) is 78.9 Å². The Morgan fingerprint density at radius 2 is 1.56 bits per heavy atom. The average molecular weight is 924 g/mol. The molecule has 3 N–H and O–H groups in total. The molecule has 0 radical (unpaired) electrons. The van der Waals surface area contributed by atoms with Crippen molar-refractivity contribution in [1.29, 1.82) is 0 Å². The van der Waals surface area contributed by atoms with Gasteiger partial charge in [-0.2, -0.15) is 0 Å². The van der Waals surface area contributed by atoms with Crippen LogP contribution in [0.15, 0.2) is 130 Å². The lowest BCUT2D eigenvalue weighted by Gasteiger charge is -2.31. The van der Waals surface area contributed by atoms with Crippen molar-refractivity contribution in [2.45, 2.75) is 64.0 Å². The Morgan fingerprint density at radius 3 is 2.31 bits per heavy atom. The monoisotopic (exact) mass is 922 g/mol. The summed E-state index contributed by atoms with van der Waals surface area (Å²) in [6.45, 7) is 0.543. The van der Waals surface area contributed by atoms with Crippen LogP contribution in [-0.4, -0.2) is 53.1 Å². The van der Waals surface area contributed by atoms with Crippen molar-refractivity contribution in [3.63, 3.8) is 0 Å². The van der Waals surface area contributed by atoms with Gasteiger partial charge in [-0.1, -0.05) is 70.0 Å². The van der Waals surface area contributed by atoms with Gasteiger partial charge in [0.2, 0.25) is 17.7 Å². The van der Waals surface area contributed by atoms with Gasteiger partial charge in [0.1, 0.15) is 29.9 Å². The number of carbonyl (C=O) groups is 4. The van der Waals surface area contributed by atoms with E-state index in [2.05, 4.69) is 49.8 Å². The number of anilines is 1. The summed E-state index contributed by atoms with van der Waals surface area (Å²) in [6, 6.07) is 36.1. The van der Waals surface area contributed by atoms with Crippen molar-refractivity contribution in [3.05, 3.63) is 148 Å². The molecule has 13 heteroatoms. The smallest absolute Gasteiger partial charge is 0.358 e. The molecule has 3 amide bonds. The fourth-order valence-corrected chi connectivity index (χ4v) is 7.84. The summed E-state index contributed by atoms with van der Waals surface area (Å²) in [5, 5.41) is 18.8. The molecule has 5 aromatic carbocycles. The van der Waals surface area contributed by atoms with Crippen molar-refractivity contribution in [1.82, 2.24) is 15.8 Å². The zero-order valence-electron chi connectivity index (χ0n) is 35.1. The lowest BCUT2D eigenvalue weighted by atomic mass is 10.0. The Labute approximate surface area is 380 Å². The van der Waals surface area contributed by atoms with Gasteiger partial charge < -0.3 is 29.7 Å². The number of nitrogens with zero attached hydrogens (tertiary/aromatic N) is 2. The van der Waals surface area contributed by atoms with Gasteiger partial charge in [-0.3, -0.25) is 19.3 Å². The number of aromatic nitrogens is 1. The first-order valence-corrected chi connectivity index (χ1v) is 21.9. The number of carbonyl (C=O) groups excluding carboxylic acids is 3. The fourth-order valence-electron chi connectivity index (χ4n) is 7.43. The number of aromatic carboxylic acids is 1. The Balaban J connectivity index is 0.996. The first-order valence-electron chi connectivity index (χ1n) is 21.1. The topological polar surface area (TPSA) is 160 Å². The summed E-state index contributed by atoms with van der Waals surface area (Å²) in [5.41, 5.74) is 6.22. The summed E-state index contributed by atoms with van der Waals surface area (Å²) in [7, 11) is 0. The van der Waals surface area contributed by atoms with Crippen LogP contribution in [0.3, 0.4) is 0 Å². The molecule has 1 heterocycles. The molecule has 1 unspecified atom stereocenters. The van der Waals surface area contributed by atoms with Gasteiger partial charge in [-0.15, -0.1) is 12.3 Å². The molecule has 0 spiro atoms. The minimum atomic E-state index is -1.20. The van der Waals surface area contributed by atoms with Crippen molar-refractivity contribution >= 4 is 45.3 Å². The lowest BCUT2D eigenvalue weighted by Crippen LogP contribution is -2.53. The number of rotatable bonds is 21. The highest BCUT2D eigenvalue weighted by molar-refractivity contribution is 9.10. The number of fused-ring (bicyclic) bond motifs is 3. The van der Waals surface area contributed by atoms with Crippen molar-refractivity contribution in [3.8, 4) is 52.0 Å². The van der Waals surface area contributed by atoms with Gasteiger partial charge in [-0.05, 0) is 126 Å². The zero-order chi connectivity index (χ0) is 44.8. The highest BCUT2D eigenvalue weighted by atomic mass is 79.9. The lowest BCUT2D eigenvalue weighted by molar-refractivity contribution is -0.127. The van der Waals surface area contributed by atoms with E-state index < -0.39 is 17.9 Å². The minimum absolute atomic E-state index is 0.0617. The zero-order valence-corrected chi connectivity index (χ0v) is 36.6. The molecule has 1 aliphatic carbocycles. The van der Waals surface area contributed by atoms with Gasteiger partial charge in [-0.25, -0.2) is 4.79 Å². The molecule has 0 saturated carbocycles. The van der Waals surface area contributed by atoms with Gasteiger partial charge in [0.15, 0.2) is 11.5 Å². The molecule has 0 fully saturated rings. The molecule has 0 bridgehead atoms. The number of unbranched alkanes of at least 4 members (excludes halogenated alkanes) is 3. The standard InChI is InChI=1S/C51H47BrN4O8/c1-2-3-6-14-49(58)56(39-21-17-36-28-37-29-38(52)20-26-43(37)44(36)30-39)46(33-62-40-24-18-35(19-25-40)47-31-45(51(60)61)55-64-47)50(59)53-27-10-5-9-13-48(57)54-32-34-15-22-42(23-16-34)63-41-11-7-4-8-12-41/h1,4,7-8,11-12,15-26,29-31,46H,3,5-6,9-10,13-14,27-28,32-33H2,(H,53,59)(H,54,57)(H,60,61). The number of halogens is 1. The maximum absolute atomic E-state index is 14.3. The van der Waals surface area contributed by atoms with Crippen molar-refractivity contribution in [2.24, 2.45) is 0 Å². The summed E-state index contributed by atoms with van der Waals surface area (Å²) in [5.74, 6) is 2.82. The SMILES string of the molecule is C#CCCCC(=O)N(c1ccc2c(c1)-c1ccc(Br)cc1C2)C(COc1ccc(-c2cc(C(=O)O)no2)cc1)C(=O)NCCCCCC(=O)NCc1ccc(Oc2ccccc2)cc1. The maximum Gasteiger partial charge on any atom is 0.358 e. The van der Waals surface area contributed by atoms with Gasteiger partial charge in [0.05, 0.1) is 0 Å². The Morgan fingerprint density at radius 1 is 0.797 bits per heavy atom. The summed E-state index contributed by atoms with van der Waals surface area (Å²) < 4.78 is 18.3. The number of benzene rings is 5. The molecule has 7 rings (SSSR count). The number of amides is 3. The number of hydrogen-bond acceptors (Lipinski definition) is 8. The van der Waals surface area contributed by atoms with Crippen molar-refractivity contribution in [2.75, 3.05) is 18.1 Å². The third-order valence-electron chi connectivity index (χ3n) is 10.8. The minimum Gasteiger partial charge on any atom is -0.491 e. The largest absolute Gasteiger partial charge is 0.491 e. The van der Waals surface area contributed by atoms with Crippen molar-refractivity contribution < 1.29 is 38.3 Å². The van der Waals surface area contributed by atoms with Crippen LogP contribution in [0.5, 0.6) is 17.2 Å². The van der Waals surface area contributed by atoms with E-state index >= 15 is 0 Å². The van der Waals surface area contributed by atoms with E-state index in [-0.39, 0.29) is 36.3 Å². The van der Waals surface area contributed by atoms with Crippen LogP contribution < -0.4 is 25.0 Å². The quantitative estimate of drug-likeness (QED) is 0.0471. The third kappa shape index (κ3) is 11.8. The molecule has 0 aliphatic heterocycles. The van der Waals surface area contributed by atoms with E-state index in [1.165, 1.54) is 11.0 Å². The van der Waals surface area contributed by atoms with Gasteiger partial charge in [0, 0.05) is 54.1 Å². The van der Waals surface area contributed by atoms with Crippen LogP contribution in [0.2, 0.25) is 0 Å². The Hall–Kier alpha value is -7.17. The molecule has 12 nitrogen and oxygen atoms in total. The molecule has 0 saturated heterocycles. The van der Waals surface area contributed by atoms with Crippen LogP contribution in [0, 0.1) is 12.3 Å². The predicted molar refractivity (Wildman–Crippen MR) is 247 cm³/mol. The predicted octanol–water partition coefficient (Wildman–Crippen LogP) is 9.74.